The largest absolute Gasteiger partial charge is 0.455 e. The summed E-state index contributed by atoms with van der Waals surface area (Å²) in [6.07, 6.45) is 12.5. The van der Waals surface area contributed by atoms with E-state index in [0.29, 0.717) is 17.4 Å². The number of aromatic nitrogens is 1. The Morgan fingerprint density at radius 2 is 1.97 bits per heavy atom. The van der Waals surface area contributed by atoms with Gasteiger partial charge < -0.3 is 10.1 Å². The zero-order valence-electron chi connectivity index (χ0n) is 17.2. The molecule has 0 aliphatic heterocycles. The first-order valence-electron chi connectivity index (χ1n) is 10.5. The van der Waals surface area contributed by atoms with Crippen molar-refractivity contribution in [3.8, 4) is 11.5 Å². The van der Waals surface area contributed by atoms with E-state index in [0.717, 1.165) is 28.6 Å². The number of nitrogens with one attached hydrogen (secondary N) is 1. The molecule has 2 aromatic carbocycles. The third-order valence-corrected chi connectivity index (χ3v) is 5.31. The molecule has 1 unspecified atom stereocenters. The molecule has 1 atom stereocenters. The highest BCUT2D eigenvalue weighted by Gasteiger charge is 2.14. The molecule has 1 aromatic heterocycles. The number of rotatable bonds is 7. The molecule has 0 spiro atoms. The summed E-state index contributed by atoms with van der Waals surface area (Å²) in [5.41, 5.74) is 2.29. The Hall–Kier alpha value is -3.40. The predicted molar refractivity (Wildman–Crippen MR) is 122 cm³/mol. The van der Waals surface area contributed by atoms with Crippen molar-refractivity contribution in [2.45, 2.75) is 32.6 Å². The Labute approximate surface area is 177 Å². The van der Waals surface area contributed by atoms with E-state index >= 15 is 0 Å². The number of unbranched alkanes of at least 4 members (excludes halogenated alkanes) is 1. The number of amides is 1. The van der Waals surface area contributed by atoms with Crippen molar-refractivity contribution < 1.29 is 9.53 Å². The lowest BCUT2D eigenvalue weighted by atomic mass is 9.92. The number of hydrogen-bond donors (Lipinski definition) is 1. The maximum atomic E-state index is 12.5. The van der Waals surface area contributed by atoms with Gasteiger partial charge in [-0.05, 0) is 55.2 Å². The highest BCUT2D eigenvalue weighted by atomic mass is 16.5. The van der Waals surface area contributed by atoms with Gasteiger partial charge in [0.05, 0.1) is 0 Å². The van der Waals surface area contributed by atoms with Crippen molar-refractivity contribution >= 4 is 22.5 Å². The van der Waals surface area contributed by atoms with Crippen molar-refractivity contribution in [1.82, 2.24) is 4.98 Å². The first-order valence-corrected chi connectivity index (χ1v) is 10.5. The summed E-state index contributed by atoms with van der Waals surface area (Å²) in [6.45, 7) is 2.20. The van der Waals surface area contributed by atoms with Crippen LogP contribution in [0.3, 0.4) is 0 Å². The summed E-state index contributed by atoms with van der Waals surface area (Å²) < 4.78 is 6.01. The van der Waals surface area contributed by atoms with E-state index in [2.05, 4.69) is 23.3 Å². The molecule has 4 rings (SSSR count). The van der Waals surface area contributed by atoms with Gasteiger partial charge in [0.25, 0.3) is 5.91 Å². The van der Waals surface area contributed by atoms with Crippen LogP contribution in [0.5, 0.6) is 11.5 Å². The molecule has 152 valence electrons. The fourth-order valence-corrected chi connectivity index (χ4v) is 3.61. The number of benzene rings is 2. The molecule has 4 heteroatoms. The summed E-state index contributed by atoms with van der Waals surface area (Å²) >= 11 is 0. The van der Waals surface area contributed by atoms with E-state index in [-0.39, 0.29) is 5.91 Å². The summed E-state index contributed by atoms with van der Waals surface area (Å²) in [5, 5.41) is 4.00. The molecule has 1 heterocycles. The van der Waals surface area contributed by atoms with Gasteiger partial charge >= 0.3 is 0 Å². The van der Waals surface area contributed by atoms with E-state index in [4.69, 9.17) is 4.74 Å². The summed E-state index contributed by atoms with van der Waals surface area (Å²) in [4.78, 5) is 17.0. The molecular weight excluding hydrogens is 372 g/mol. The Bertz CT molecular complexity index is 1080. The van der Waals surface area contributed by atoms with Crippen LogP contribution in [0.25, 0.3) is 10.9 Å². The van der Waals surface area contributed by atoms with E-state index in [1.165, 1.54) is 19.3 Å². The lowest BCUT2D eigenvalue weighted by molar-refractivity contribution is -0.112. The van der Waals surface area contributed by atoms with Gasteiger partial charge in [0.15, 0.2) is 5.75 Å². The number of allylic oxidation sites excluding steroid dienone is 2. The van der Waals surface area contributed by atoms with Gasteiger partial charge in [-0.25, -0.2) is 0 Å². The van der Waals surface area contributed by atoms with Crippen molar-refractivity contribution in [2.75, 3.05) is 5.32 Å². The predicted octanol–water partition coefficient (Wildman–Crippen LogP) is 6.66. The van der Waals surface area contributed by atoms with Crippen LogP contribution in [0, 0.1) is 5.92 Å². The maximum absolute atomic E-state index is 12.5. The molecule has 30 heavy (non-hydrogen) atoms. The lowest BCUT2D eigenvalue weighted by Crippen LogP contribution is -2.15. The van der Waals surface area contributed by atoms with Crippen molar-refractivity contribution in [1.29, 1.82) is 0 Å². The van der Waals surface area contributed by atoms with Gasteiger partial charge in [0.2, 0.25) is 0 Å². The summed E-state index contributed by atoms with van der Waals surface area (Å²) in [6, 6.07) is 17.2. The minimum atomic E-state index is -0.0767. The Kier molecular flexibility index (Phi) is 6.23. The second kappa shape index (κ2) is 9.40. The molecule has 3 aromatic rings. The van der Waals surface area contributed by atoms with Gasteiger partial charge in [-0.1, -0.05) is 56.2 Å². The number of fused-ring (bicyclic) bond motifs is 1. The average molecular weight is 399 g/mol. The van der Waals surface area contributed by atoms with Crippen LogP contribution in [0.4, 0.5) is 5.69 Å². The topological polar surface area (TPSA) is 51.2 Å². The van der Waals surface area contributed by atoms with Crippen LogP contribution in [-0.4, -0.2) is 10.9 Å². The first-order chi connectivity index (χ1) is 14.7. The molecule has 1 aliphatic rings. The number of nitrogens with zero attached hydrogens (tertiary/aromatic N) is 1. The highest BCUT2D eigenvalue weighted by molar-refractivity contribution is 6.05. The smallest absolute Gasteiger partial charge is 0.255 e. The van der Waals surface area contributed by atoms with E-state index in [1.54, 1.807) is 6.20 Å². The zero-order valence-corrected chi connectivity index (χ0v) is 17.2. The molecule has 1 amide bonds. The van der Waals surface area contributed by atoms with Crippen molar-refractivity contribution in [3.63, 3.8) is 0 Å². The number of pyridine rings is 1. The fourth-order valence-electron chi connectivity index (χ4n) is 3.61. The Balaban J connectivity index is 1.38. The fraction of sp³-hybridized carbons (Fsp3) is 0.231. The molecule has 1 aliphatic carbocycles. The van der Waals surface area contributed by atoms with Gasteiger partial charge in [0, 0.05) is 22.8 Å². The van der Waals surface area contributed by atoms with Crippen LogP contribution < -0.4 is 10.1 Å². The molecule has 4 nitrogen and oxygen atoms in total. The Morgan fingerprint density at radius 3 is 2.73 bits per heavy atom. The minimum Gasteiger partial charge on any atom is -0.455 e. The minimum absolute atomic E-state index is 0.0767. The summed E-state index contributed by atoms with van der Waals surface area (Å²) in [7, 11) is 0. The molecule has 0 radical (unpaired) electrons. The normalized spacial score (nSPS) is 15.6. The monoisotopic (exact) mass is 398 g/mol. The van der Waals surface area contributed by atoms with E-state index < -0.39 is 0 Å². The molecule has 0 bridgehead atoms. The van der Waals surface area contributed by atoms with Crippen LogP contribution in [0.2, 0.25) is 0 Å². The van der Waals surface area contributed by atoms with Crippen LogP contribution in [0.15, 0.2) is 84.6 Å². The zero-order chi connectivity index (χ0) is 20.8. The number of anilines is 1. The van der Waals surface area contributed by atoms with Crippen molar-refractivity contribution in [2.24, 2.45) is 5.92 Å². The standard InChI is InChI=1S/C26H26N2O2/c1-2-3-6-19-10-12-21(13-11-19)26(29)28-22-14-16-23(17-15-22)30-24-9-4-7-20-8-5-18-27-25(20)24/h4-5,7-10,12-19H,2-3,6,11H2,1H3,(H,28,29). The van der Waals surface area contributed by atoms with Crippen LogP contribution in [-0.2, 0) is 4.79 Å². The van der Waals surface area contributed by atoms with Gasteiger partial charge in [-0.2, -0.15) is 0 Å². The number of carbonyl (C=O) groups is 1. The highest BCUT2D eigenvalue weighted by Crippen LogP contribution is 2.29. The molecule has 1 N–H and O–H groups in total. The number of hydrogen-bond acceptors (Lipinski definition) is 3. The Morgan fingerprint density at radius 1 is 1.13 bits per heavy atom. The second-order valence-electron chi connectivity index (χ2n) is 7.57. The van der Waals surface area contributed by atoms with Crippen molar-refractivity contribution in [3.05, 3.63) is 84.6 Å². The second-order valence-corrected chi connectivity index (χ2v) is 7.57. The molecule has 0 saturated heterocycles. The number of ether oxygens (including phenoxy) is 1. The lowest BCUT2D eigenvalue weighted by Gasteiger charge is -2.15. The molecule has 0 saturated carbocycles. The maximum Gasteiger partial charge on any atom is 0.255 e. The van der Waals surface area contributed by atoms with E-state index in [1.807, 2.05) is 66.7 Å². The van der Waals surface area contributed by atoms with Gasteiger partial charge in [-0.3, -0.25) is 9.78 Å². The molecular formula is C26H26N2O2. The summed E-state index contributed by atoms with van der Waals surface area (Å²) in [5.74, 6) is 1.88. The van der Waals surface area contributed by atoms with Crippen LogP contribution in [0.1, 0.15) is 32.6 Å². The van der Waals surface area contributed by atoms with Crippen LogP contribution >= 0.6 is 0 Å². The van der Waals surface area contributed by atoms with Gasteiger partial charge in [-0.15, -0.1) is 0 Å². The van der Waals surface area contributed by atoms with Gasteiger partial charge in [0.1, 0.15) is 11.3 Å². The first kappa shape index (κ1) is 19.9. The molecule has 0 fully saturated rings. The average Bonchev–Trinajstić information content (AvgIpc) is 2.79. The quantitative estimate of drug-likeness (QED) is 0.484. The number of para-hydroxylation sites is 1. The number of carbonyl (C=O) groups excluding carboxylic acids is 1. The van der Waals surface area contributed by atoms with E-state index in [9.17, 15) is 4.79 Å². The third kappa shape index (κ3) is 4.77. The third-order valence-electron chi connectivity index (χ3n) is 5.31. The SMILES string of the molecule is CCCCC1C=CC(C(=O)Nc2ccc(Oc3cccc4cccnc34)cc2)=CC1.